The van der Waals surface area contributed by atoms with Crippen molar-refractivity contribution >= 4 is 29.5 Å². The quantitative estimate of drug-likeness (QED) is 0.377. The molecule has 0 aromatic carbocycles. The summed E-state index contributed by atoms with van der Waals surface area (Å²) in [6, 6.07) is 0. The molecule has 0 aromatic rings. The van der Waals surface area contributed by atoms with Gasteiger partial charge in [-0.2, -0.15) is 0 Å². The van der Waals surface area contributed by atoms with Crippen LogP contribution in [-0.4, -0.2) is 17.4 Å². The number of carbonyl (C=O) groups excluding carboxylic acids is 1. The molecule has 0 unspecified atom stereocenters. The van der Waals surface area contributed by atoms with Gasteiger partial charge in [-0.05, 0) is 5.73 Å². The molecule has 42 valence electrons. The fourth-order valence-corrected chi connectivity index (χ4v) is 2.52. The van der Waals surface area contributed by atoms with E-state index in [2.05, 4.69) is 5.73 Å². The van der Waals surface area contributed by atoms with Crippen LogP contribution in [0.4, 0.5) is 0 Å². The summed E-state index contributed by atoms with van der Waals surface area (Å²) in [5.41, 5.74) is 2.48. The third kappa shape index (κ3) is 1.46. The minimum atomic E-state index is 0.986. The molecule has 0 spiro atoms. The molecule has 1 saturated heterocycles. The van der Waals surface area contributed by atoms with E-state index in [1.807, 2.05) is 0 Å². The molecule has 0 atom stereocenters. The Balaban J connectivity index is 2.72. The van der Waals surface area contributed by atoms with Crippen LogP contribution < -0.4 is 0 Å². The Morgan fingerprint density at radius 1 is 1.38 bits per heavy atom. The van der Waals surface area contributed by atoms with Crippen LogP contribution in [0.1, 0.15) is 0 Å². The standard InChI is InChI=1S/C5H4OS2/c6-2-1-5-7-3-4-8-5/h3-4H2. The van der Waals surface area contributed by atoms with Gasteiger partial charge in [-0.1, -0.05) is 0 Å². The van der Waals surface area contributed by atoms with E-state index in [4.69, 9.17) is 0 Å². The molecule has 1 heterocycles. The van der Waals surface area contributed by atoms with Crippen LogP contribution in [0.15, 0.2) is 9.97 Å². The van der Waals surface area contributed by atoms with Crippen molar-refractivity contribution in [1.29, 1.82) is 0 Å². The largest absolute Gasteiger partial charge is 0.224 e. The molecule has 1 aliphatic heterocycles. The van der Waals surface area contributed by atoms with E-state index in [1.165, 1.54) is 0 Å². The fraction of sp³-hybridized carbons (Fsp3) is 0.400. The maximum Gasteiger partial charge on any atom is 0.178 e. The Bertz CT molecular complexity index is 155. The lowest BCUT2D eigenvalue weighted by molar-refractivity contribution is 0.569. The molecule has 0 radical (unpaired) electrons. The van der Waals surface area contributed by atoms with Crippen LogP contribution in [0.3, 0.4) is 0 Å². The molecular weight excluding hydrogens is 140 g/mol. The van der Waals surface area contributed by atoms with Crippen molar-refractivity contribution in [2.45, 2.75) is 0 Å². The lowest BCUT2D eigenvalue weighted by atomic mass is 11.0. The minimum Gasteiger partial charge on any atom is -0.224 e. The van der Waals surface area contributed by atoms with E-state index in [1.54, 1.807) is 29.5 Å². The van der Waals surface area contributed by atoms with Crippen LogP contribution in [0, 0.1) is 0 Å². The predicted octanol–water partition coefficient (Wildman–Crippen LogP) is 1.29. The van der Waals surface area contributed by atoms with Crippen LogP contribution in [-0.2, 0) is 4.79 Å². The van der Waals surface area contributed by atoms with Crippen molar-refractivity contribution in [3.8, 4) is 0 Å². The van der Waals surface area contributed by atoms with Crippen molar-refractivity contribution < 1.29 is 4.79 Å². The van der Waals surface area contributed by atoms with Gasteiger partial charge in [0.2, 0.25) is 0 Å². The van der Waals surface area contributed by atoms with Gasteiger partial charge in [-0.25, -0.2) is 4.79 Å². The molecule has 0 saturated carbocycles. The molecule has 1 nitrogen and oxygen atoms in total. The summed E-state index contributed by atoms with van der Waals surface area (Å²) < 4.78 is 0.986. The maximum absolute atomic E-state index is 9.68. The highest BCUT2D eigenvalue weighted by molar-refractivity contribution is 8.25. The van der Waals surface area contributed by atoms with Gasteiger partial charge in [-0.15, -0.1) is 23.5 Å². The molecule has 1 aliphatic rings. The monoisotopic (exact) mass is 144 g/mol. The van der Waals surface area contributed by atoms with E-state index >= 15 is 0 Å². The molecule has 1 fully saturated rings. The Kier molecular flexibility index (Phi) is 2.31. The molecule has 0 aliphatic carbocycles. The Morgan fingerprint density at radius 3 is 2.50 bits per heavy atom. The van der Waals surface area contributed by atoms with Crippen molar-refractivity contribution in [3.63, 3.8) is 0 Å². The SMILES string of the molecule is O=C=C=C1SCCS1. The highest BCUT2D eigenvalue weighted by Crippen LogP contribution is 2.34. The van der Waals surface area contributed by atoms with Crippen molar-refractivity contribution in [1.82, 2.24) is 0 Å². The third-order valence-corrected chi connectivity index (χ3v) is 3.21. The summed E-state index contributed by atoms with van der Waals surface area (Å²) in [4.78, 5) is 9.68. The van der Waals surface area contributed by atoms with Crippen LogP contribution in [0.25, 0.3) is 0 Å². The maximum atomic E-state index is 9.68. The number of rotatable bonds is 0. The molecule has 0 N–H and O–H groups in total. The highest BCUT2D eigenvalue weighted by Gasteiger charge is 2.05. The zero-order chi connectivity index (χ0) is 5.82. The molecule has 0 amide bonds. The summed E-state index contributed by atoms with van der Waals surface area (Å²) in [6.07, 6.45) is 0. The first kappa shape index (κ1) is 6.06. The summed E-state index contributed by atoms with van der Waals surface area (Å²) in [6.45, 7) is 0. The van der Waals surface area contributed by atoms with E-state index in [0.717, 1.165) is 15.7 Å². The lowest BCUT2D eigenvalue weighted by Gasteiger charge is -1.78. The highest BCUT2D eigenvalue weighted by atomic mass is 32.2. The number of thioether (sulfide) groups is 2. The molecule has 0 aromatic heterocycles. The molecule has 8 heavy (non-hydrogen) atoms. The van der Waals surface area contributed by atoms with Crippen LogP contribution >= 0.6 is 23.5 Å². The predicted molar refractivity (Wildman–Crippen MR) is 37.6 cm³/mol. The summed E-state index contributed by atoms with van der Waals surface area (Å²) in [7, 11) is 0. The second kappa shape index (κ2) is 3.06. The first-order chi connectivity index (χ1) is 3.93. The summed E-state index contributed by atoms with van der Waals surface area (Å²) in [5, 5.41) is 0. The Hall–Kier alpha value is -0.0700. The van der Waals surface area contributed by atoms with E-state index < -0.39 is 0 Å². The van der Waals surface area contributed by atoms with Crippen LogP contribution in [0.5, 0.6) is 0 Å². The lowest BCUT2D eigenvalue weighted by Crippen LogP contribution is -1.64. The first-order valence-corrected chi connectivity index (χ1v) is 4.16. The van der Waals surface area contributed by atoms with Crippen molar-refractivity contribution in [2.24, 2.45) is 0 Å². The zero-order valence-corrected chi connectivity index (χ0v) is 5.77. The van der Waals surface area contributed by atoms with Crippen molar-refractivity contribution in [3.05, 3.63) is 9.97 Å². The second-order valence-corrected chi connectivity index (χ2v) is 3.68. The second-order valence-electron chi connectivity index (χ2n) is 1.21. The van der Waals surface area contributed by atoms with Gasteiger partial charge in [0.1, 0.15) is 0 Å². The van der Waals surface area contributed by atoms with Gasteiger partial charge in [0, 0.05) is 11.5 Å². The first-order valence-electron chi connectivity index (χ1n) is 2.19. The van der Waals surface area contributed by atoms with E-state index in [0.29, 0.717) is 0 Å². The topological polar surface area (TPSA) is 17.1 Å². The van der Waals surface area contributed by atoms with Crippen molar-refractivity contribution in [2.75, 3.05) is 11.5 Å². The van der Waals surface area contributed by atoms with Gasteiger partial charge in [-0.3, -0.25) is 0 Å². The average molecular weight is 144 g/mol. The molecule has 1 rings (SSSR count). The summed E-state index contributed by atoms with van der Waals surface area (Å²) >= 11 is 3.35. The molecule has 3 heteroatoms. The third-order valence-electron chi connectivity index (χ3n) is 0.703. The molecular formula is C5H4OS2. The normalized spacial score (nSPS) is 17.8. The fourth-order valence-electron chi connectivity index (χ4n) is 0.424. The van der Waals surface area contributed by atoms with Gasteiger partial charge < -0.3 is 0 Å². The van der Waals surface area contributed by atoms with Gasteiger partial charge >= 0.3 is 0 Å². The minimum absolute atomic E-state index is 0.986. The number of hydrogen-bond donors (Lipinski definition) is 0. The van der Waals surface area contributed by atoms with Gasteiger partial charge in [0.25, 0.3) is 0 Å². The average Bonchev–Trinajstić information content (AvgIpc) is 2.19. The number of hydrogen-bond acceptors (Lipinski definition) is 3. The Morgan fingerprint density at radius 2 is 2.00 bits per heavy atom. The van der Waals surface area contributed by atoms with Gasteiger partial charge in [0.15, 0.2) is 5.94 Å². The van der Waals surface area contributed by atoms with E-state index in [9.17, 15) is 4.79 Å². The zero-order valence-electron chi connectivity index (χ0n) is 4.14. The van der Waals surface area contributed by atoms with Crippen LogP contribution in [0.2, 0.25) is 0 Å². The summed E-state index contributed by atoms with van der Waals surface area (Å²) in [5.74, 6) is 3.84. The van der Waals surface area contributed by atoms with E-state index in [-0.39, 0.29) is 0 Å². The smallest absolute Gasteiger partial charge is 0.178 e. The van der Waals surface area contributed by atoms with Gasteiger partial charge in [0.05, 0.1) is 4.24 Å². The Labute approximate surface area is 56.2 Å². The molecule has 0 bridgehead atoms.